The Bertz CT molecular complexity index is 303. The van der Waals surface area contributed by atoms with Crippen molar-refractivity contribution in [3.05, 3.63) is 0 Å². The van der Waals surface area contributed by atoms with Gasteiger partial charge in [0, 0.05) is 12.8 Å². The molecule has 0 unspecified atom stereocenters. The molecule has 0 bridgehead atoms. The molecule has 6 heteroatoms. The van der Waals surface area contributed by atoms with Crippen LogP contribution in [0.1, 0.15) is 32.1 Å². The van der Waals surface area contributed by atoms with Gasteiger partial charge in [-0.1, -0.05) is 6.42 Å². The third-order valence-corrected chi connectivity index (χ3v) is 4.10. The lowest BCUT2D eigenvalue weighted by atomic mass is 9.94. The molecule has 3 rings (SSSR count). The van der Waals surface area contributed by atoms with Crippen LogP contribution in [0.5, 0.6) is 0 Å². The quantitative estimate of drug-likeness (QED) is 0.620. The molecule has 3 N–H and O–H groups in total. The average Bonchev–Trinajstić information content (AvgIpc) is 2.86. The Morgan fingerprint density at radius 2 is 1.89 bits per heavy atom. The van der Waals surface area contributed by atoms with E-state index < -0.39 is 43.1 Å². The molecular weight excluding hydrogens is 240 g/mol. The van der Waals surface area contributed by atoms with Gasteiger partial charge in [0.05, 0.1) is 6.61 Å². The van der Waals surface area contributed by atoms with Crippen molar-refractivity contribution in [2.75, 3.05) is 6.61 Å². The SMILES string of the molecule is OC[C@H](O)[C@H]1O[C@H]2OC3(CCCCC3)O[C@@H]2[C@H]1O. The minimum Gasteiger partial charge on any atom is -0.394 e. The maximum absolute atomic E-state index is 10.1. The predicted molar refractivity (Wildman–Crippen MR) is 59.5 cm³/mol. The standard InChI is InChI=1S/C12H20O6/c13-6-7(14)9-8(15)10-11(16-9)18-12(17-10)4-2-1-3-5-12/h7-11,13-15H,1-6H2/t7-,8-,9+,10+,11-/m0/s1. The van der Waals surface area contributed by atoms with Gasteiger partial charge in [-0.15, -0.1) is 0 Å². The minimum absolute atomic E-state index is 0.452. The van der Waals surface area contributed by atoms with E-state index in [0.29, 0.717) is 0 Å². The molecular formula is C12H20O6. The average molecular weight is 260 g/mol. The summed E-state index contributed by atoms with van der Waals surface area (Å²) in [6.45, 7) is -0.452. The van der Waals surface area contributed by atoms with Gasteiger partial charge in [0.15, 0.2) is 12.1 Å². The molecule has 0 aromatic carbocycles. The highest BCUT2D eigenvalue weighted by molar-refractivity contribution is 4.97. The Morgan fingerprint density at radius 3 is 2.50 bits per heavy atom. The van der Waals surface area contributed by atoms with Crippen LogP contribution in [0.4, 0.5) is 0 Å². The summed E-state index contributed by atoms with van der Waals surface area (Å²) in [5.74, 6) is -0.607. The summed E-state index contributed by atoms with van der Waals surface area (Å²) in [4.78, 5) is 0. The van der Waals surface area contributed by atoms with Crippen molar-refractivity contribution in [2.24, 2.45) is 0 Å². The number of hydrogen-bond acceptors (Lipinski definition) is 6. The normalized spacial score (nSPS) is 44.2. The molecule has 3 aliphatic rings. The van der Waals surface area contributed by atoms with E-state index in [1.54, 1.807) is 0 Å². The van der Waals surface area contributed by atoms with E-state index in [1.807, 2.05) is 0 Å². The van der Waals surface area contributed by atoms with Crippen molar-refractivity contribution in [1.29, 1.82) is 0 Å². The maximum atomic E-state index is 10.1. The Balaban J connectivity index is 1.68. The third kappa shape index (κ3) is 1.97. The number of hydrogen-bond donors (Lipinski definition) is 3. The zero-order valence-corrected chi connectivity index (χ0v) is 10.2. The molecule has 5 atom stereocenters. The topological polar surface area (TPSA) is 88.4 Å². The number of aliphatic hydroxyl groups is 3. The first-order chi connectivity index (χ1) is 8.65. The zero-order valence-electron chi connectivity index (χ0n) is 10.2. The van der Waals surface area contributed by atoms with Crippen LogP contribution in [0.25, 0.3) is 0 Å². The Kier molecular flexibility index (Phi) is 3.34. The molecule has 18 heavy (non-hydrogen) atoms. The van der Waals surface area contributed by atoms with E-state index in [0.717, 1.165) is 25.7 Å². The fraction of sp³-hybridized carbons (Fsp3) is 1.00. The summed E-state index contributed by atoms with van der Waals surface area (Å²) in [7, 11) is 0. The summed E-state index contributed by atoms with van der Waals surface area (Å²) in [6.07, 6.45) is 0.824. The molecule has 0 radical (unpaired) electrons. The Hall–Kier alpha value is -0.240. The van der Waals surface area contributed by atoms with Crippen LogP contribution < -0.4 is 0 Å². The summed E-state index contributed by atoms with van der Waals surface area (Å²) in [5.41, 5.74) is 0. The minimum atomic E-state index is -1.11. The van der Waals surface area contributed by atoms with Crippen LogP contribution in [-0.2, 0) is 14.2 Å². The zero-order chi connectivity index (χ0) is 12.8. The summed E-state index contributed by atoms with van der Waals surface area (Å²) in [6, 6.07) is 0. The van der Waals surface area contributed by atoms with Gasteiger partial charge in [-0.25, -0.2) is 0 Å². The lowest BCUT2D eigenvalue weighted by molar-refractivity contribution is -0.254. The van der Waals surface area contributed by atoms with Gasteiger partial charge in [-0.3, -0.25) is 0 Å². The maximum Gasteiger partial charge on any atom is 0.190 e. The van der Waals surface area contributed by atoms with Crippen molar-refractivity contribution in [3.63, 3.8) is 0 Å². The highest BCUT2D eigenvalue weighted by Crippen LogP contribution is 2.45. The summed E-state index contributed by atoms with van der Waals surface area (Å²) >= 11 is 0. The fourth-order valence-electron chi connectivity index (χ4n) is 3.12. The lowest BCUT2D eigenvalue weighted by Crippen LogP contribution is -2.43. The van der Waals surface area contributed by atoms with Crippen molar-refractivity contribution in [3.8, 4) is 0 Å². The van der Waals surface area contributed by atoms with Crippen LogP contribution in [-0.4, -0.2) is 58.4 Å². The molecule has 0 amide bonds. The third-order valence-electron chi connectivity index (χ3n) is 4.10. The molecule has 1 saturated carbocycles. The molecule has 1 aliphatic carbocycles. The fourth-order valence-corrected chi connectivity index (χ4v) is 3.12. The van der Waals surface area contributed by atoms with Gasteiger partial charge in [-0.2, -0.15) is 0 Å². The molecule has 2 saturated heterocycles. The first-order valence-electron chi connectivity index (χ1n) is 6.63. The monoisotopic (exact) mass is 260 g/mol. The molecule has 1 spiro atoms. The summed E-state index contributed by atoms with van der Waals surface area (Å²) in [5, 5.41) is 28.5. The van der Waals surface area contributed by atoms with E-state index >= 15 is 0 Å². The highest BCUT2D eigenvalue weighted by Gasteiger charge is 2.58. The largest absolute Gasteiger partial charge is 0.394 e. The number of ether oxygens (including phenoxy) is 3. The van der Waals surface area contributed by atoms with E-state index in [2.05, 4.69) is 0 Å². The molecule has 0 aromatic rings. The van der Waals surface area contributed by atoms with Crippen LogP contribution in [0.3, 0.4) is 0 Å². The Labute approximate surface area is 105 Å². The van der Waals surface area contributed by atoms with Gasteiger partial charge < -0.3 is 29.5 Å². The van der Waals surface area contributed by atoms with Gasteiger partial charge in [0.25, 0.3) is 0 Å². The molecule has 6 nitrogen and oxygen atoms in total. The number of aliphatic hydroxyl groups excluding tert-OH is 3. The van der Waals surface area contributed by atoms with Gasteiger partial charge in [-0.05, 0) is 12.8 Å². The van der Waals surface area contributed by atoms with Gasteiger partial charge in [0.2, 0.25) is 0 Å². The second-order valence-corrected chi connectivity index (χ2v) is 5.38. The van der Waals surface area contributed by atoms with E-state index in [9.17, 15) is 10.2 Å². The molecule has 104 valence electrons. The number of rotatable bonds is 2. The van der Waals surface area contributed by atoms with Crippen LogP contribution in [0, 0.1) is 0 Å². The first-order valence-corrected chi connectivity index (χ1v) is 6.63. The molecule has 2 aliphatic heterocycles. The Morgan fingerprint density at radius 1 is 1.17 bits per heavy atom. The molecule has 0 aromatic heterocycles. The number of fused-ring (bicyclic) bond motifs is 1. The van der Waals surface area contributed by atoms with E-state index in [-0.39, 0.29) is 0 Å². The second-order valence-electron chi connectivity index (χ2n) is 5.38. The second kappa shape index (κ2) is 4.70. The van der Waals surface area contributed by atoms with Crippen LogP contribution in [0.15, 0.2) is 0 Å². The first kappa shape index (κ1) is 12.8. The van der Waals surface area contributed by atoms with Gasteiger partial charge >= 0.3 is 0 Å². The summed E-state index contributed by atoms with van der Waals surface area (Å²) < 4.78 is 17.1. The van der Waals surface area contributed by atoms with E-state index in [4.69, 9.17) is 19.3 Å². The van der Waals surface area contributed by atoms with Crippen molar-refractivity contribution in [1.82, 2.24) is 0 Å². The van der Waals surface area contributed by atoms with Gasteiger partial charge in [0.1, 0.15) is 24.4 Å². The smallest absolute Gasteiger partial charge is 0.190 e. The predicted octanol–water partition coefficient (Wildman–Crippen LogP) is -0.499. The van der Waals surface area contributed by atoms with Crippen molar-refractivity contribution >= 4 is 0 Å². The lowest BCUT2D eigenvalue weighted by Gasteiger charge is -2.33. The van der Waals surface area contributed by atoms with Crippen molar-refractivity contribution < 1.29 is 29.5 Å². The van der Waals surface area contributed by atoms with Crippen LogP contribution >= 0.6 is 0 Å². The molecule has 3 fully saturated rings. The van der Waals surface area contributed by atoms with E-state index in [1.165, 1.54) is 6.42 Å². The van der Waals surface area contributed by atoms with Crippen molar-refractivity contribution in [2.45, 2.75) is 68.6 Å². The molecule has 2 heterocycles. The van der Waals surface area contributed by atoms with Crippen LogP contribution in [0.2, 0.25) is 0 Å². The highest BCUT2D eigenvalue weighted by atomic mass is 16.8.